The van der Waals surface area contributed by atoms with Crippen LogP contribution in [-0.4, -0.2) is 11.1 Å². The zero-order valence-corrected chi connectivity index (χ0v) is 10.9. The normalized spacial score (nSPS) is 12.1. The van der Waals surface area contributed by atoms with E-state index < -0.39 is 0 Å². The van der Waals surface area contributed by atoms with Crippen molar-refractivity contribution >= 4 is 0 Å². The Morgan fingerprint density at radius 2 is 1.94 bits per heavy atom. The van der Waals surface area contributed by atoms with E-state index in [1.54, 1.807) is 0 Å². The van der Waals surface area contributed by atoms with E-state index in [0.29, 0.717) is 11.8 Å². The highest BCUT2D eigenvalue weighted by molar-refractivity contribution is 5.42. The standard InChI is InChI=1S/C15H21NO/c1-5-7-14(6-2)16-10-13-8-11(3)15(17)12(4)9-13/h1,8-9,14,16-17H,6-7,10H2,2-4H3. The maximum atomic E-state index is 9.69. The molecule has 1 rings (SSSR count). The molecule has 0 saturated carbocycles. The van der Waals surface area contributed by atoms with Crippen LogP contribution in [0.3, 0.4) is 0 Å². The van der Waals surface area contributed by atoms with Gasteiger partial charge in [0.05, 0.1) is 0 Å². The van der Waals surface area contributed by atoms with Crippen LogP contribution in [0.25, 0.3) is 0 Å². The second-order valence-corrected chi connectivity index (χ2v) is 4.47. The largest absolute Gasteiger partial charge is 0.507 e. The molecule has 0 radical (unpaired) electrons. The Morgan fingerprint density at radius 1 is 1.35 bits per heavy atom. The summed E-state index contributed by atoms with van der Waals surface area (Å²) in [6.07, 6.45) is 7.10. The summed E-state index contributed by atoms with van der Waals surface area (Å²) in [5.41, 5.74) is 3.03. The van der Waals surface area contributed by atoms with Crippen molar-refractivity contribution in [1.82, 2.24) is 5.32 Å². The number of nitrogens with one attached hydrogen (secondary N) is 1. The highest BCUT2D eigenvalue weighted by atomic mass is 16.3. The van der Waals surface area contributed by atoms with Crippen LogP contribution in [0, 0.1) is 26.2 Å². The summed E-state index contributed by atoms with van der Waals surface area (Å²) >= 11 is 0. The Labute approximate surface area is 104 Å². The molecule has 1 aromatic rings. The number of phenols is 1. The molecule has 0 bridgehead atoms. The summed E-state index contributed by atoms with van der Waals surface area (Å²) in [5.74, 6) is 3.08. The lowest BCUT2D eigenvalue weighted by Gasteiger charge is -2.15. The van der Waals surface area contributed by atoms with Crippen LogP contribution in [0.4, 0.5) is 0 Å². The molecule has 1 aromatic carbocycles. The molecule has 0 aliphatic carbocycles. The van der Waals surface area contributed by atoms with E-state index in [4.69, 9.17) is 6.42 Å². The molecule has 0 aliphatic rings. The Kier molecular flexibility index (Phi) is 5.06. The van der Waals surface area contributed by atoms with Crippen LogP contribution in [0.15, 0.2) is 12.1 Å². The van der Waals surface area contributed by atoms with Crippen LogP contribution in [0.5, 0.6) is 5.75 Å². The van der Waals surface area contributed by atoms with Gasteiger partial charge in [0, 0.05) is 19.0 Å². The fraction of sp³-hybridized carbons (Fsp3) is 0.467. The van der Waals surface area contributed by atoms with Crippen LogP contribution < -0.4 is 5.32 Å². The maximum absolute atomic E-state index is 9.69. The topological polar surface area (TPSA) is 32.3 Å². The molecule has 0 spiro atoms. The molecule has 92 valence electrons. The average molecular weight is 231 g/mol. The third-order valence-electron chi connectivity index (χ3n) is 3.00. The summed E-state index contributed by atoms with van der Waals surface area (Å²) in [6, 6.07) is 4.39. The Morgan fingerprint density at radius 3 is 2.41 bits per heavy atom. The minimum Gasteiger partial charge on any atom is -0.507 e. The molecule has 0 saturated heterocycles. The number of hydrogen-bond acceptors (Lipinski definition) is 2. The third-order valence-corrected chi connectivity index (χ3v) is 3.00. The highest BCUT2D eigenvalue weighted by Crippen LogP contribution is 2.22. The first-order chi connectivity index (χ1) is 8.08. The lowest BCUT2D eigenvalue weighted by atomic mass is 10.0. The molecule has 17 heavy (non-hydrogen) atoms. The minimum absolute atomic E-state index is 0.370. The number of terminal acetylenes is 1. The van der Waals surface area contributed by atoms with Gasteiger partial charge in [-0.3, -0.25) is 0 Å². The highest BCUT2D eigenvalue weighted by Gasteiger charge is 2.06. The molecule has 0 fully saturated rings. The Balaban J connectivity index is 2.67. The molecule has 0 aliphatic heterocycles. The number of rotatable bonds is 5. The lowest BCUT2D eigenvalue weighted by Crippen LogP contribution is -2.27. The first kappa shape index (κ1) is 13.6. The molecule has 1 atom stereocenters. The number of benzene rings is 1. The van der Waals surface area contributed by atoms with E-state index in [0.717, 1.165) is 30.5 Å². The molecule has 1 unspecified atom stereocenters. The molecule has 2 heteroatoms. The fourth-order valence-electron chi connectivity index (χ4n) is 1.91. The van der Waals surface area contributed by atoms with Crippen molar-refractivity contribution in [2.24, 2.45) is 0 Å². The van der Waals surface area contributed by atoms with Crippen molar-refractivity contribution in [2.75, 3.05) is 0 Å². The van der Waals surface area contributed by atoms with Gasteiger partial charge in [-0.15, -0.1) is 12.3 Å². The second-order valence-electron chi connectivity index (χ2n) is 4.47. The van der Waals surface area contributed by atoms with Crippen molar-refractivity contribution in [2.45, 2.75) is 46.2 Å². The van der Waals surface area contributed by atoms with E-state index >= 15 is 0 Å². The molecule has 0 amide bonds. The van der Waals surface area contributed by atoms with Gasteiger partial charge in [-0.25, -0.2) is 0 Å². The predicted molar refractivity (Wildman–Crippen MR) is 71.9 cm³/mol. The van der Waals surface area contributed by atoms with E-state index in [1.807, 2.05) is 26.0 Å². The minimum atomic E-state index is 0.370. The SMILES string of the molecule is C#CCC(CC)NCc1cc(C)c(O)c(C)c1. The molecule has 0 aromatic heterocycles. The first-order valence-electron chi connectivity index (χ1n) is 6.04. The van der Waals surface area contributed by atoms with Crippen LogP contribution >= 0.6 is 0 Å². The Bertz CT molecular complexity index is 394. The van der Waals surface area contributed by atoms with E-state index in [1.165, 1.54) is 5.56 Å². The number of aryl methyl sites for hydroxylation is 2. The summed E-state index contributed by atoms with van der Waals surface area (Å²) in [5, 5.41) is 13.1. The van der Waals surface area contributed by atoms with Gasteiger partial charge in [-0.2, -0.15) is 0 Å². The van der Waals surface area contributed by atoms with E-state index in [2.05, 4.69) is 18.2 Å². The summed E-state index contributed by atoms with van der Waals surface area (Å²) in [4.78, 5) is 0. The second kappa shape index (κ2) is 6.32. The van der Waals surface area contributed by atoms with Gasteiger partial charge in [0.15, 0.2) is 0 Å². The van der Waals surface area contributed by atoms with Crippen molar-refractivity contribution < 1.29 is 5.11 Å². The number of aromatic hydroxyl groups is 1. The average Bonchev–Trinajstić information content (AvgIpc) is 2.31. The summed E-state index contributed by atoms with van der Waals surface area (Å²) in [6.45, 7) is 6.76. The zero-order chi connectivity index (χ0) is 12.8. The van der Waals surface area contributed by atoms with Gasteiger partial charge in [0.2, 0.25) is 0 Å². The zero-order valence-electron chi connectivity index (χ0n) is 10.9. The monoisotopic (exact) mass is 231 g/mol. The molecule has 2 N–H and O–H groups in total. The van der Waals surface area contributed by atoms with Crippen molar-refractivity contribution in [1.29, 1.82) is 0 Å². The van der Waals surface area contributed by atoms with Gasteiger partial charge in [-0.05, 0) is 37.0 Å². The van der Waals surface area contributed by atoms with Gasteiger partial charge < -0.3 is 10.4 Å². The lowest BCUT2D eigenvalue weighted by molar-refractivity contribution is 0.465. The fourth-order valence-corrected chi connectivity index (χ4v) is 1.91. The summed E-state index contributed by atoms with van der Waals surface area (Å²) in [7, 11) is 0. The quantitative estimate of drug-likeness (QED) is 0.764. The van der Waals surface area contributed by atoms with Crippen molar-refractivity contribution in [3.8, 4) is 18.1 Å². The van der Waals surface area contributed by atoms with Crippen molar-refractivity contribution in [3.63, 3.8) is 0 Å². The van der Waals surface area contributed by atoms with Gasteiger partial charge in [-0.1, -0.05) is 19.1 Å². The van der Waals surface area contributed by atoms with Crippen LogP contribution in [-0.2, 0) is 6.54 Å². The van der Waals surface area contributed by atoms with Gasteiger partial charge in [0.1, 0.15) is 5.75 Å². The van der Waals surface area contributed by atoms with Gasteiger partial charge >= 0.3 is 0 Å². The summed E-state index contributed by atoms with van der Waals surface area (Å²) < 4.78 is 0. The molecular formula is C15H21NO. The third kappa shape index (κ3) is 3.80. The first-order valence-corrected chi connectivity index (χ1v) is 6.04. The molecule has 0 heterocycles. The number of hydrogen-bond donors (Lipinski definition) is 2. The molecule has 2 nitrogen and oxygen atoms in total. The van der Waals surface area contributed by atoms with Gasteiger partial charge in [0.25, 0.3) is 0 Å². The smallest absolute Gasteiger partial charge is 0.121 e. The van der Waals surface area contributed by atoms with E-state index in [-0.39, 0.29) is 0 Å². The Hall–Kier alpha value is -1.46. The van der Waals surface area contributed by atoms with Crippen LogP contribution in [0.2, 0.25) is 0 Å². The predicted octanol–water partition coefficient (Wildman–Crippen LogP) is 2.90. The number of phenolic OH excluding ortho intramolecular Hbond substituents is 1. The van der Waals surface area contributed by atoms with Crippen molar-refractivity contribution in [3.05, 3.63) is 28.8 Å². The molecular weight excluding hydrogens is 210 g/mol. The van der Waals surface area contributed by atoms with Crippen LogP contribution in [0.1, 0.15) is 36.5 Å². The van der Waals surface area contributed by atoms with E-state index in [9.17, 15) is 5.11 Å². The maximum Gasteiger partial charge on any atom is 0.121 e.